The maximum Gasteiger partial charge on any atom is 0.264 e. The second-order valence-electron chi connectivity index (χ2n) is 5.22. The van der Waals surface area contributed by atoms with Crippen LogP contribution >= 0.6 is 0 Å². The van der Waals surface area contributed by atoms with Crippen molar-refractivity contribution < 1.29 is 18.9 Å². The van der Waals surface area contributed by atoms with E-state index >= 15 is 0 Å². The lowest BCUT2D eigenvalue weighted by molar-refractivity contribution is -0.271. The highest BCUT2D eigenvalue weighted by molar-refractivity contribution is 5.35. The summed E-state index contributed by atoms with van der Waals surface area (Å²) in [6, 6.07) is 19.8. The molecule has 2 aliphatic rings. The Bertz CT molecular complexity index is 627. The van der Waals surface area contributed by atoms with E-state index < -0.39 is 5.79 Å². The fourth-order valence-electron chi connectivity index (χ4n) is 2.77. The highest BCUT2D eigenvalue weighted by Gasteiger charge is 2.45. The molecule has 0 aromatic heterocycles. The summed E-state index contributed by atoms with van der Waals surface area (Å²) in [4.78, 5) is 0. The van der Waals surface area contributed by atoms with E-state index in [0.29, 0.717) is 12.4 Å². The quantitative estimate of drug-likeness (QED) is 0.853. The molecular formula is C18H16O4. The lowest BCUT2D eigenvalue weighted by Gasteiger charge is -2.42. The summed E-state index contributed by atoms with van der Waals surface area (Å²) >= 11 is 0. The minimum Gasteiger partial charge on any atom is -0.472 e. The van der Waals surface area contributed by atoms with Gasteiger partial charge < -0.3 is 18.9 Å². The van der Waals surface area contributed by atoms with Crippen molar-refractivity contribution in [2.45, 2.75) is 11.9 Å². The number of hydrogen-bond donors (Lipinski definition) is 0. The van der Waals surface area contributed by atoms with Gasteiger partial charge >= 0.3 is 0 Å². The first-order valence-corrected chi connectivity index (χ1v) is 7.26. The molecule has 2 aromatic carbocycles. The van der Waals surface area contributed by atoms with Gasteiger partial charge in [0.1, 0.15) is 12.4 Å². The van der Waals surface area contributed by atoms with Crippen LogP contribution in [0.3, 0.4) is 0 Å². The van der Waals surface area contributed by atoms with Crippen molar-refractivity contribution in [2.75, 3.05) is 13.4 Å². The molecule has 0 radical (unpaired) electrons. The number of rotatable bonds is 2. The Morgan fingerprint density at radius 2 is 1.50 bits per heavy atom. The molecule has 2 aromatic rings. The van der Waals surface area contributed by atoms with Gasteiger partial charge in [0.25, 0.3) is 5.79 Å². The largest absolute Gasteiger partial charge is 0.472 e. The molecule has 1 saturated heterocycles. The van der Waals surface area contributed by atoms with E-state index in [2.05, 4.69) is 0 Å². The second-order valence-corrected chi connectivity index (χ2v) is 5.22. The van der Waals surface area contributed by atoms with Crippen molar-refractivity contribution in [3.63, 3.8) is 0 Å². The molecule has 4 heteroatoms. The standard InChI is InChI=1S/C18H16O4/c1-3-7-14(8-4-1)18(15-9-5-2-6-10-15)21-12-16-17(22-18)11-19-13-20-16/h1-11,16H,12-13H2. The molecule has 0 amide bonds. The fourth-order valence-corrected chi connectivity index (χ4v) is 2.77. The van der Waals surface area contributed by atoms with Gasteiger partial charge in [0, 0.05) is 11.1 Å². The maximum atomic E-state index is 6.24. The molecule has 0 aliphatic carbocycles. The van der Waals surface area contributed by atoms with Gasteiger partial charge in [-0.05, 0) is 0 Å². The minimum atomic E-state index is -0.977. The monoisotopic (exact) mass is 296 g/mol. The Morgan fingerprint density at radius 1 is 0.864 bits per heavy atom. The van der Waals surface area contributed by atoms with Gasteiger partial charge in [-0.2, -0.15) is 0 Å². The summed E-state index contributed by atoms with van der Waals surface area (Å²) in [5.41, 5.74) is 1.87. The van der Waals surface area contributed by atoms with Crippen molar-refractivity contribution >= 4 is 0 Å². The predicted molar refractivity (Wildman–Crippen MR) is 79.6 cm³/mol. The Hall–Kier alpha value is -2.30. The molecule has 0 spiro atoms. The van der Waals surface area contributed by atoms with Crippen molar-refractivity contribution in [2.24, 2.45) is 0 Å². The molecule has 4 rings (SSSR count). The van der Waals surface area contributed by atoms with Gasteiger partial charge in [-0.3, -0.25) is 0 Å². The van der Waals surface area contributed by atoms with Gasteiger partial charge in [-0.1, -0.05) is 60.7 Å². The molecule has 0 saturated carbocycles. The van der Waals surface area contributed by atoms with Gasteiger partial charge in [0.15, 0.2) is 12.6 Å². The first kappa shape index (κ1) is 13.4. The molecule has 4 nitrogen and oxygen atoms in total. The summed E-state index contributed by atoms with van der Waals surface area (Å²) in [5, 5.41) is 0. The van der Waals surface area contributed by atoms with Crippen molar-refractivity contribution in [1.82, 2.24) is 0 Å². The summed E-state index contributed by atoms with van der Waals surface area (Å²) in [7, 11) is 0. The van der Waals surface area contributed by atoms with Crippen LogP contribution in [0.4, 0.5) is 0 Å². The molecule has 1 unspecified atom stereocenters. The maximum absolute atomic E-state index is 6.24. The zero-order chi connectivity index (χ0) is 14.8. The Balaban J connectivity index is 1.82. The van der Waals surface area contributed by atoms with Crippen LogP contribution in [-0.2, 0) is 24.7 Å². The van der Waals surface area contributed by atoms with Gasteiger partial charge in [-0.25, -0.2) is 0 Å². The summed E-state index contributed by atoms with van der Waals surface area (Å²) in [6.07, 6.45) is 1.41. The Labute approximate surface area is 128 Å². The number of benzene rings is 2. The average molecular weight is 296 g/mol. The summed E-state index contributed by atoms with van der Waals surface area (Å²) in [5.74, 6) is -0.320. The molecular weight excluding hydrogens is 280 g/mol. The smallest absolute Gasteiger partial charge is 0.264 e. The van der Waals surface area contributed by atoms with Crippen LogP contribution in [0, 0.1) is 0 Å². The van der Waals surface area contributed by atoms with E-state index in [1.165, 1.54) is 0 Å². The van der Waals surface area contributed by atoms with Crippen LogP contribution in [0.1, 0.15) is 11.1 Å². The van der Waals surface area contributed by atoms with Crippen LogP contribution in [0.2, 0.25) is 0 Å². The molecule has 0 N–H and O–H groups in total. The van der Waals surface area contributed by atoms with E-state index in [9.17, 15) is 0 Å². The third-order valence-corrected chi connectivity index (χ3v) is 3.86. The highest BCUT2D eigenvalue weighted by Crippen LogP contribution is 2.41. The second kappa shape index (κ2) is 5.48. The molecule has 0 bridgehead atoms. The highest BCUT2D eigenvalue weighted by atomic mass is 16.8. The van der Waals surface area contributed by atoms with Crippen molar-refractivity contribution in [3.8, 4) is 0 Å². The number of hydrogen-bond acceptors (Lipinski definition) is 4. The first-order valence-electron chi connectivity index (χ1n) is 7.26. The molecule has 1 fully saturated rings. The SMILES string of the molecule is C1=C2OC(c3ccccc3)(c3ccccc3)OCC2OCO1. The molecule has 112 valence electrons. The van der Waals surface area contributed by atoms with Crippen molar-refractivity contribution in [3.05, 3.63) is 83.8 Å². The minimum absolute atomic E-state index is 0.214. The van der Waals surface area contributed by atoms with Crippen molar-refractivity contribution in [1.29, 1.82) is 0 Å². The van der Waals surface area contributed by atoms with Crippen LogP contribution in [0.5, 0.6) is 0 Å². The van der Waals surface area contributed by atoms with E-state index in [0.717, 1.165) is 11.1 Å². The Morgan fingerprint density at radius 3 is 2.14 bits per heavy atom. The van der Waals surface area contributed by atoms with Gasteiger partial charge in [-0.15, -0.1) is 0 Å². The summed E-state index contributed by atoms with van der Waals surface area (Å²) < 4.78 is 23.1. The zero-order valence-electron chi connectivity index (χ0n) is 12.0. The number of ether oxygens (including phenoxy) is 4. The third kappa shape index (κ3) is 2.17. The normalized spacial score (nSPS) is 22.7. The third-order valence-electron chi connectivity index (χ3n) is 3.86. The molecule has 1 atom stereocenters. The topological polar surface area (TPSA) is 36.9 Å². The van der Waals surface area contributed by atoms with E-state index in [-0.39, 0.29) is 12.9 Å². The Kier molecular flexibility index (Phi) is 3.33. The fraction of sp³-hybridized carbons (Fsp3) is 0.222. The van der Waals surface area contributed by atoms with Crippen LogP contribution in [0.25, 0.3) is 0 Å². The van der Waals surface area contributed by atoms with Gasteiger partial charge in [0.2, 0.25) is 0 Å². The molecule has 22 heavy (non-hydrogen) atoms. The van der Waals surface area contributed by atoms with E-state index in [1.807, 2.05) is 60.7 Å². The first-order chi connectivity index (χ1) is 10.9. The van der Waals surface area contributed by atoms with E-state index in [1.54, 1.807) is 6.26 Å². The predicted octanol–water partition coefficient (Wildman–Crippen LogP) is 3.15. The van der Waals surface area contributed by atoms with Crippen LogP contribution < -0.4 is 0 Å². The lowest BCUT2D eigenvalue weighted by Crippen LogP contribution is -2.45. The average Bonchev–Trinajstić information content (AvgIpc) is 2.63. The lowest BCUT2D eigenvalue weighted by atomic mass is 9.96. The molecule has 2 aliphatic heterocycles. The van der Waals surface area contributed by atoms with Crippen LogP contribution in [-0.4, -0.2) is 19.5 Å². The number of fused-ring (bicyclic) bond motifs is 1. The van der Waals surface area contributed by atoms with Gasteiger partial charge in [0.05, 0.1) is 6.61 Å². The molecule has 2 heterocycles. The summed E-state index contributed by atoms with van der Waals surface area (Å²) in [6.45, 7) is 0.642. The van der Waals surface area contributed by atoms with Crippen LogP contribution in [0.15, 0.2) is 72.7 Å². The zero-order valence-corrected chi connectivity index (χ0v) is 12.0. The van der Waals surface area contributed by atoms with E-state index in [4.69, 9.17) is 18.9 Å².